The van der Waals surface area contributed by atoms with Gasteiger partial charge in [-0.25, -0.2) is 17.5 Å². The highest BCUT2D eigenvalue weighted by Crippen LogP contribution is 2.19. The number of hydrogen-bond acceptors (Lipinski definition) is 3. The first-order valence-corrected chi connectivity index (χ1v) is 8.74. The second-order valence-electron chi connectivity index (χ2n) is 5.43. The third-order valence-corrected chi connectivity index (χ3v) is 4.89. The van der Waals surface area contributed by atoms with E-state index in [4.69, 9.17) is 4.74 Å². The summed E-state index contributed by atoms with van der Waals surface area (Å²) in [4.78, 5) is 0.0446. The Morgan fingerprint density at radius 1 is 1.04 bits per heavy atom. The van der Waals surface area contributed by atoms with Crippen LogP contribution in [0.25, 0.3) is 0 Å². The molecule has 6 heteroatoms. The summed E-state index contributed by atoms with van der Waals surface area (Å²) in [5, 5.41) is 0. The first-order valence-electron chi connectivity index (χ1n) is 7.25. The van der Waals surface area contributed by atoms with Crippen LogP contribution in [0.4, 0.5) is 4.39 Å². The Morgan fingerprint density at radius 3 is 2.48 bits per heavy atom. The predicted molar refractivity (Wildman–Crippen MR) is 87.7 cm³/mol. The molecule has 124 valence electrons. The van der Waals surface area contributed by atoms with E-state index in [9.17, 15) is 12.8 Å². The van der Waals surface area contributed by atoms with Crippen LogP contribution in [0.5, 0.6) is 5.75 Å². The van der Waals surface area contributed by atoms with Gasteiger partial charge in [0.05, 0.1) is 4.90 Å². The van der Waals surface area contributed by atoms with Crippen LogP contribution in [0.2, 0.25) is 0 Å². The molecule has 0 spiro atoms. The van der Waals surface area contributed by atoms with Gasteiger partial charge < -0.3 is 4.74 Å². The molecular weight excluding hydrogens is 317 g/mol. The molecule has 0 saturated carbocycles. The number of benzene rings is 2. The maximum atomic E-state index is 13.2. The molecule has 23 heavy (non-hydrogen) atoms. The van der Waals surface area contributed by atoms with Crippen molar-refractivity contribution >= 4 is 10.0 Å². The standard InChI is InChI=1S/C17H20FNO3S/c1-12-4-5-13(2)17(10-12)22-9-8-19-23(20,21)15-6-7-16(18)14(3)11-15/h4-7,10-11,19H,8-9H2,1-3H3. The normalized spacial score (nSPS) is 11.5. The first-order chi connectivity index (χ1) is 10.8. The fourth-order valence-electron chi connectivity index (χ4n) is 2.07. The molecule has 0 aliphatic heterocycles. The van der Waals surface area contributed by atoms with E-state index in [1.165, 1.54) is 19.1 Å². The Labute approximate surface area is 136 Å². The zero-order chi connectivity index (χ0) is 17.0. The van der Waals surface area contributed by atoms with Gasteiger partial charge in [0.2, 0.25) is 10.0 Å². The van der Waals surface area contributed by atoms with Crippen molar-refractivity contribution in [1.82, 2.24) is 4.72 Å². The number of rotatable bonds is 6. The lowest BCUT2D eigenvalue weighted by atomic mass is 10.1. The van der Waals surface area contributed by atoms with Crippen LogP contribution in [-0.4, -0.2) is 21.6 Å². The van der Waals surface area contributed by atoms with Crippen molar-refractivity contribution < 1.29 is 17.5 Å². The van der Waals surface area contributed by atoms with E-state index in [2.05, 4.69) is 4.72 Å². The van der Waals surface area contributed by atoms with Crippen LogP contribution in [0.1, 0.15) is 16.7 Å². The monoisotopic (exact) mass is 337 g/mol. The Kier molecular flexibility index (Phi) is 5.38. The Hall–Kier alpha value is -1.92. The van der Waals surface area contributed by atoms with Crippen LogP contribution >= 0.6 is 0 Å². The van der Waals surface area contributed by atoms with Gasteiger partial charge in [-0.15, -0.1) is 0 Å². The van der Waals surface area contributed by atoms with Crippen molar-refractivity contribution in [1.29, 1.82) is 0 Å². The summed E-state index contributed by atoms with van der Waals surface area (Å²) >= 11 is 0. The first kappa shape index (κ1) is 17.4. The fraction of sp³-hybridized carbons (Fsp3) is 0.294. The van der Waals surface area contributed by atoms with Gasteiger partial charge in [0.1, 0.15) is 18.2 Å². The van der Waals surface area contributed by atoms with Crippen molar-refractivity contribution in [3.8, 4) is 5.75 Å². The topological polar surface area (TPSA) is 55.4 Å². The molecule has 0 heterocycles. The molecule has 2 aromatic rings. The SMILES string of the molecule is Cc1ccc(C)c(OCCNS(=O)(=O)c2ccc(F)c(C)c2)c1. The number of ether oxygens (including phenoxy) is 1. The minimum Gasteiger partial charge on any atom is -0.492 e. The second kappa shape index (κ2) is 7.10. The molecule has 1 N–H and O–H groups in total. The van der Waals surface area contributed by atoms with Crippen LogP contribution in [0.15, 0.2) is 41.3 Å². The van der Waals surface area contributed by atoms with Gasteiger partial charge in [-0.2, -0.15) is 0 Å². The van der Waals surface area contributed by atoms with E-state index in [0.29, 0.717) is 5.56 Å². The molecule has 0 aliphatic rings. The number of halogens is 1. The lowest BCUT2D eigenvalue weighted by Gasteiger charge is -2.11. The van der Waals surface area contributed by atoms with Crippen LogP contribution < -0.4 is 9.46 Å². The fourth-order valence-corrected chi connectivity index (χ4v) is 3.17. The van der Waals surface area contributed by atoms with Gasteiger partial charge >= 0.3 is 0 Å². The van der Waals surface area contributed by atoms with Crippen LogP contribution in [0.3, 0.4) is 0 Å². The number of nitrogens with one attached hydrogen (secondary N) is 1. The number of hydrogen-bond donors (Lipinski definition) is 1. The largest absolute Gasteiger partial charge is 0.492 e. The average molecular weight is 337 g/mol. The van der Waals surface area contributed by atoms with E-state index in [1.807, 2.05) is 32.0 Å². The van der Waals surface area contributed by atoms with E-state index >= 15 is 0 Å². The van der Waals surface area contributed by atoms with Gasteiger partial charge in [-0.3, -0.25) is 0 Å². The number of sulfonamides is 1. The molecule has 0 radical (unpaired) electrons. The zero-order valence-corrected chi connectivity index (χ0v) is 14.2. The van der Waals surface area contributed by atoms with Gasteiger partial charge in [0.15, 0.2) is 0 Å². The molecule has 0 fully saturated rings. The summed E-state index contributed by atoms with van der Waals surface area (Å²) < 4.78 is 45.6. The molecule has 4 nitrogen and oxygen atoms in total. The molecule has 0 atom stereocenters. The highest BCUT2D eigenvalue weighted by atomic mass is 32.2. The molecule has 0 unspecified atom stereocenters. The quantitative estimate of drug-likeness (QED) is 0.824. The molecule has 0 saturated heterocycles. The highest BCUT2D eigenvalue weighted by molar-refractivity contribution is 7.89. The predicted octanol–water partition coefficient (Wildman–Crippen LogP) is 3.11. The Morgan fingerprint density at radius 2 is 1.78 bits per heavy atom. The lowest BCUT2D eigenvalue weighted by Crippen LogP contribution is -2.28. The Balaban J connectivity index is 1.94. The summed E-state index contributed by atoms with van der Waals surface area (Å²) in [7, 11) is -3.67. The number of aryl methyl sites for hydroxylation is 3. The van der Waals surface area contributed by atoms with Gasteiger partial charge in [0, 0.05) is 6.54 Å². The van der Waals surface area contributed by atoms with Gasteiger partial charge in [0.25, 0.3) is 0 Å². The lowest BCUT2D eigenvalue weighted by molar-refractivity contribution is 0.320. The van der Waals surface area contributed by atoms with Crippen molar-refractivity contribution in [2.75, 3.05) is 13.2 Å². The molecule has 0 amide bonds. The molecule has 0 aliphatic carbocycles. The zero-order valence-electron chi connectivity index (χ0n) is 13.4. The minimum atomic E-state index is -3.67. The Bertz CT molecular complexity index is 803. The summed E-state index contributed by atoms with van der Waals surface area (Å²) in [6, 6.07) is 9.56. The summed E-state index contributed by atoms with van der Waals surface area (Å²) in [5.74, 6) is 0.309. The van der Waals surface area contributed by atoms with Crippen molar-refractivity contribution in [2.24, 2.45) is 0 Å². The molecule has 2 rings (SSSR count). The molecule has 2 aromatic carbocycles. The highest BCUT2D eigenvalue weighted by Gasteiger charge is 2.14. The summed E-state index contributed by atoms with van der Waals surface area (Å²) in [6.07, 6.45) is 0. The summed E-state index contributed by atoms with van der Waals surface area (Å²) in [5.41, 5.74) is 2.36. The van der Waals surface area contributed by atoms with E-state index in [1.54, 1.807) is 0 Å². The molecule has 0 aromatic heterocycles. The second-order valence-corrected chi connectivity index (χ2v) is 7.19. The van der Waals surface area contributed by atoms with Crippen LogP contribution in [-0.2, 0) is 10.0 Å². The molecular formula is C17H20FNO3S. The van der Waals surface area contributed by atoms with Crippen molar-refractivity contribution in [3.63, 3.8) is 0 Å². The third-order valence-electron chi connectivity index (χ3n) is 3.44. The van der Waals surface area contributed by atoms with E-state index in [0.717, 1.165) is 22.9 Å². The van der Waals surface area contributed by atoms with E-state index in [-0.39, 0.29) is 18.0 Å². The van der Waals surface area contributed by atoms with E-state index < -0.39 is 15.8 Å². The minimum absolute atomic E-state index is 0.0446. The van der Waals surface area contributed by atoms with Crippen molar-refractivity contribution in [3.05, 3.63) is 58.9 Å². The average Bonchev–Trinajstić information content (AvgIpc) is 2.49. The van der Waals surface area contributed by atoms with Gasteiger partial charge in [-0.05, 0) is 61.7 Å². The van der Waals surface area contributed by atoms with Gasteiger partial charge in [-0.1, -0.05) is 12.1 Å². The van der Waals surface area contributed by atoms with Crippen molar-refractivity contribution in [2.45, 2.75) is 25.7 Å². The smallest absolute Gasteiger partial charge is 0.240 e. The van der Waals surface area contributed by atoms with Crippen LogP contribution in [0, 0.1) is 26.6 Å². The third kappa shape index (κ3) is 4.53. The maximum Gasteiger partial charge on any atom is 0.240 e. The molecule has 0 bridgehead atoms. The summed E-state index contributed by atoms with van der Waals surface area (Å²) in [6.45, 7) is 5.76. The maximum absolute atomic E-state index is 13.2.